The summed E-state index contributed by atoms with van der Waals surface area (Å²) < 4.78 is 5.90. The number of hydrogen-bond donors (Lipinski definition) is 1. The first-order valence-corrected chi connectivity index (χ1v) is 8.00. The minimum atomic E-state index is -0.156. The van der Waals surface area contributed by atoms with Crippen LogP contribution in [-0.2, 0) is 22.3 Å². The standard InChI is InChI=1S/C15H26N2OS/c1-14(2,3)12-11(10-16)19-13(17-12)15(18-4)8-6-5-7-9-15/h5-10,16H2,1-4H3. The summed E-state index contributed by atoms with van der Waals surface area (Å²) in [5.41, 5.74) is 6.95. The number of aromatic nitrogens is 1. The van der Waals surface area contributed by atoms with Gasteiger partial charge in [0.2, 0.25) is 0 Å². The highest BCUT2D eigenvalue weighted by molar-refractivity contribution is 7.11. The van der Waals surface area contributed by atoms with Crippen molar-refractivity contribution in [3.63, 3.8) is 0 Å². The molecule has 1 fully saturated rings. The van der Waals surface area contributed by atoms with E-state index in [9.17, 15) is 0 Å². The number of nitrogens with zero attached hydrogens (tertiary/aromatic N) is 1. The second kappa shape index (κ2) is 5.51. The summed E-state index contributed by atoms with van der Waals surface area (Å²) in [6.07, 6.45) is 5.95. The van der Waals surface area contributed by atoms with Gasteiger partial charge in [0.25, 0.3) is 0 Å². The lowest BCUT2D eigenvalue weighted by Gasteiger charge is -2.34. The van der Waals surface area contributed by atoms with Crippen LogP contribution >= 0.6 is 11.3 Å². The predicted molar refractivity (Wildman–Crippen MR) is 80.5 cm³/mol. The van der Waals surface area contributed by atoms with Crippen molar-refractivity contribution >= 4 is 11.3 Å². The fraction of sp³-hybridized carbons (Fsp3) is 0.800. The van der Waals surface area contributed by atoms with Crippen LogP contribution in [-0.4, -0.2) is 12.1 Å². The molecule has 0 atom stereocenters. The van der Waals surface area contributed by atoms with E-state index in [1.807, 2.05) is 7.11 Å². The molecule has 0 aromatic carbocycles. The maximum absolute atomic E-state index is 5.90. The van der Waals surface area contributed by atoms with E-state index in [1.54, 1.807) is 11.3 Å². The van der Waals surface area contributed by atoms with Crippen molar-refractivity contribution in [3.8, 4) is 0 Å². The molecule has 0 saturated heterocycles. The molecule has 3 nitrogen and oxygen atoms in total. The summed E-state index contributed by atoms with van der Waals surface area (Å²) in [5, 5.41) is 1.14. The highest BCUT2D eigenvalue weighted by Crippen LogP contribution is 2.43. The number of ether oxygens (including phenoxy) is 1. The Morgan fingerprint density at radius 1 is 1.26 bits per heavy atom. The lowest BCUT2D eigenvalue weighted by molar-refractivity contribution is -0.0447. The lowest BCUT2D eigenvalue weighted by Crippen LogP contribution is -2.31. The maximum Gasteiger partial charge on any atom is 0.125 e. The van der Waals surface area contributed by atoms with E-state index < -0.39 is 0 Å². The minimum Gasteiger partial charge on any atom is -0.371 e. The SMILES string of the molecule is COC1(c2nc(C(C)(C)C)c(CN)s2)CCCCC1. The Morgan fingerprint density at radius 2 is 1.89 bits per heavy atom. The molecule has 0 radical (unpaired) electrons. The van der Waals surface area contributed by atoms with Crippen LogP contribution in [0, 0.1) is 0 Å². The molecule has 0 amide bonds. The molecule has 1 aliphatic rings. The van der Waals surface area contributed by atoms with E-state index >= 15 is 0 Å². The van der Waals surface area contributed by atoms with Gasteiger partial charge in [0, 0.05) is 23.9 Å². The fourth-order valence-corrected chi connectivity index (χ4v) is 4.27. The van der Waals surface area contributed by atoms with Gasteiger partial charge in [-0.25, -0.2) is 4.98 Å². The molecule has 0 unspecified atom stereocenters. The largest absolute Gasteiger partial charge is 0.371 e. The van der Waals surface area contributed by atoms with Crippen LogP contribution < -0.4 is 5.73 Å². The van der Waals surface area contributed by atoms with Gasteiger partial charge >= 0.3 is 0 Å². The molecule has 108 valence electrons. The topological polar surface area (TPSA) is 48.1 Å². The highest BCUT2D eigenvalue weighted by atomic mass is 32.1. The van der Waals surface area contributed by atoms with Crippen LogP contribution in [0.15, 0.2) is 0 Å². The molecule has 1 aromatic rings. The zero-order valence-electron chi connectivity index (χ0n) is 12.6. The maximum atomic E-state index is 5.90. The minimum absolute atomic E-state index is 0.0487. The first-order valence-electron chi connectivity index (χ1n) is 7.19. The van der Waals surface area contributed by atoms with Crippen LogP contribution in [0.4, 0.5) is 0 Å². The van der Waals surface area contributed by atoms with Crippen molar-refractivity contribution < 1.29 is 4.74 Å². The van der Waals surface area contributed by atoms with E-state index in [4.69, 9.17) is 15.5 Å². The molecule has 0 bridgehead atoms. The van der Waals surface area contributed by atoms with Gasteiger partial charge < -0.3 is 10.5 Å². The van der Waals surface area contributed by atoms with Crippen molar-refractivity contribution in [3.05, 3.63) is 15.6 Å². The first-order chi connectivity index (χ1) is 8.93. The van der Waals surface area contributed by atoms with Gasteiger partial charge in [0.15, 0.2) is 0 Å². The smallest absolute Gasteiger partial charge is 0.125 e. The van der Waals surface area contributed by atoms with Crippen molar-refractivity contribution in [2.24, 2.45) is 5.73 Å². The van der Waals surface area contributed by atoms with Gasteiger partial charge in [-0.3, -0.25) is 0 Å². The Bertz CT molecular complexity index is 428. The Kier molecular flexibility index (Phi) is 4.33. The van der Waals surface area contributed by atoms with E-state index in [0.717, 1.165) is 23.5 Å². The highest BCUT2D eigenvalue weighted by Gasteiger charge is 2.38. The average molecular weight is 282 g/mol. The van der Waals surface area contributed by atoms with Crippen LogP contribution in [0.3, 0.4) is 0 Å². The molecule has 1 aromatic heterocycles. The Labute approximate surface area is 120 Å². The van der Waals surface area contributed by atoms with Gasteiger partial charge in [-0.15, -0.1) is 11.3 Å². The lowest BCUT2D eigenvalue weighted by atomic mass is 9.85. The second-order valence-corrected chi connectivity index (χ2v) is 7.59. The van der Waals surface area contributed by atoms with Gasteiger partial charge in [-0.1, -0.05) is 40.0 Å². The van der Waals surface area contributed by atoms with Gasteiger partial charge in [0.05, 0.1) is 5.69 Å². The Hall–Kier alpha value is -0.450. The summed E-state index contributed by atoms with van der Waals surface area (Å²) >= 11 is 1.76. The summed E-state index contributed by atoms with van der Waals surface area (Å²) in [6, 6.07) is 0. The van der Waals surface area contributed by atoms with Crippen LogP contribution in [0.1, 0.15) is 68.5 Å². The number of rotatable bonds is 3. The van der Waals surface area contributed by atoms with Crippen molar-refractivity contribution in [1.29, 1.82) is 0 Å². The normalized spacial score (nSPS) is 19.6. The second-order valence-electron chi connectivity index (χ2n) is 6.50. The molecule has 0 spiro atoms. The summed E-state index contributed by atoms with van der Waals surface area (Å²) in [5.74, 6) is 0. The van der Waals surface area contributed by atoms with Crippen molar-refractivity contribution in [2.75, 3.05) is 7.11 Å². The molecular formula is C15H26N2OS. The summed E-state index contributed by atoms with van der Waals surface area (Å²) in [6.45, 7) is 7.17. The van der Waals surface area contributed by atoms with E-state index in [1.165, 1.54) is 24.1 Å². The van der Waals surface area contributed by atoms with E-state index in [-0.39, 0.29) is 11.0 Å². The number of nitrogens with two attached hydrogens (primary N) is 1. The molecular weight excluding hydrogens is 256 g/mol. The molecule has 19 heavy (non-hydrogen) atoms. The van der Waals surface area contributed by atoms with E-state index in [0.29, 0.717) is 6.54 Å². The molecule has 1 aliphatic carbocycles. The quantitative estimate of drug-likeness (QED) is 0.919. The third-order valence-electron chi connectivity index (χ3n) is 4.03. The first kappa shape index (κ1) is 14.9. The molecule has 1 heterocycles. The van der Waals surface area contributed by atoms with Gasteiger partial charge in [-0.05, 0) is 12.8 Å². The zero-order valence-corrected chi connectivity index (χ0v) is 13.4. The van der Waals surface area contributed by atoms with E-state index in [2.05, 4.69) is 20.8 Å². The van der Waals surface area contributed by atoms with Crippen LogP contribution in [0.5, 0.6) is 0 Å². The summed E-state index contributed by atoms with van der Waals surface area (Å²) in [4.78, 5) is 6.14. The number of hydrogen-bond acceptors (Lipinski definition) is 4. The zero-order chi connectivity index (χ0) is 14.1. The van der Waals surface area contributed by atoms with Gasteiger partial charge in [-0.2, -0.15) is 0 Å². The number of thiazole rings is 1. The summed E-state index contributed by atoms with van der Waals surface area (Å²) in [7, 11) is 1.83. The average Bonchev–Trinajstić information content (AvgIpc) is 2.84. The molecule has 0 aliphatic heterocycles. The third-order valence-corrected chi connectivity index (χ3v) is 5.30. The van der Waals surface area contributed by atoms with Crippen LogP contribution in [0.25, 0.3) is 0 Å². The Morgan fingerprint density at radius 3 is 2.32 bits per heavy atom. The van der Waals surface area contributed by atoms with Crippen LogP contribution in [0.2, 0.25) is 0 Å². The van der Waals surface area contributed by atoms with Gasteiger partial charge in [0.1, 0.15) is 10.6 Å². The molecule has 4 heteroatoms. The molecule has 1 saturated carbocycles. The molecule has 2 rings (SSSR count). The van der Waals surface area contributed by atoms with Crippen molar-refractivity contribution in [2.45, 2.75) is 70.4 Å². The monoisotopic (exact) mass is 282 g/mol. The predicted octanol–water partition coefficient (Wildman–Crippen LogP) is 3.71. The third kappa shape index (κ3) is 2.86. The Balaban J connectivity index is 2.42. The van der Waals surface area contributed by atoms with Crippen molar-refractivity contribution in [1.82, 2.24) is 4.98 Å². The molecule has 2 N–H and O–H groups in total. The fourth-order valence-electron chi connectivity index (χ4n) is 2.90. The number of methoxy groups -OCH3 is 1.